The zero-order chi connectivity index (χ0) is 14.1. The van der Waals surface area contributed by atoms with Gasteiger partial charge in [-0.15, -0.1) is 0 Å². The van der Waals surface area contributed by atoms with Crippen LogP contribution < -0.4 is 10.0 Å². The average Bonchev–Trinajstić information content (AvgIpc) is 2.37. The molecule has 0 aromatic heterocycles. The highest BCUT2D eigenvalue weighted by molar-refractivity contribution is 7.89. The maximum Gasteiger partial charge on any atom is 0.211 e. The third kappa shape index (κ3) is 7.25. The van der Waals surface area contributed by atoms with Crippen LogP contribution in [0.5, 0.6) is 0 Å². The highest BCUT2D eigenvalue weighted by atomic mass is 32.2. The molecule has 1 aromatic carbocycles. The largest absolute Gasteiger partial charge is 0.317 e. The molecule has 0 bridgehead atoms. The van der Waals surface area contributed by atoms with Crippen LogP contribution in [0.4, 0.5) is 4.39 Å². The van der Waals surface area contributed by atoms with E-state index in [0.29, 0.717) is 25.9 Å². The molecule has 19 heavy (non-hydrogen) atoms. The van der Waals surface area contributed by atoms with Crippen LogP contribution in [0.3, 0.4) is 0 Å². The van der Waals surface area contributed by atoms with Crippen LogP contribution in [0, 0.1) is 5.82 Å². The predicted octanol–water partition coefficient (Wildman–Crippen LogP) is 1.29. The summed E-state index contributed by atoms with van der Waals surface area (Å²) in [4.78, 5) is 0. The van der Waals surface area contributed by atoms with E-state index >= 15 is 0 Å². The Kier molecular flexibility index (Phi) is 6.97. The Morgan fingerprint density at radius 2 is 1.84 bits per heavy atom. The van der Waals surface area contributed by atoms with Crippen LogP contribution in [-0.4, -0.2) is 33.8 Å². The fraction of sp³-hybridized carbons (Fsp3) is 0.538. The molecule has 0 aliphatic heterocycles. The van der Waals surface area contributed by atoms with Gasteiger partial charge in [-0.05, 0) is 43.6 Å². The van der Waals surface area contributed by atoms with Crippen molar-refractivity contribution in [3.63, 3.8) is 0 Å². The second-order valence-corrected chi connectivity index (χ2v) is 6.22. The van der Waals surface area contributed by atoms with E-state index in [9.17, 15) is 12.8 Å². The molecule has 0 aliphatic rings. The van der Waals surface area contributed by atoms with Crippen molar-refractivity contribution in [2.45, 2.75) is 19.8 Å². The molecule has 2 N–H and O–H groups in total. The van der Waals surface area contributed by atoms with Crippen LogP contribution >= 0.6 is 0 Å². The van der Waals surface area contributed by atoms with Gasteiger partial charge in [-0.1, -0.05) is 19.1 Å². The minimum absolute atomic E-state index is 0.128. The van der Waals surface area contributed by atoms with Gasteiger partial charge in [0.15, 0.2) is 0 Å². The van der Waals surface area contributed by atoms with E-state index in [1.165, 1.54) is 12.1 Å². The molecule has 0 fully saturated rings. The van der Waals surface area contributed by atoms with E-state index in [-0.39, 0.29) is 11.6 Å². The Labute approximate surface area is 114 Å². The van der Waals surface area contributed by atoms with E-state index in [1.54, 1.807) is 12.1 Å². The first kappa shape index (κ1) is 16.1. The first-order chi connectivity index (χ1) is 9.03. The number of nitrogens with one attached hydrogen (secondary N) is 2. The first-order valence-corrected chi connectivity index (χ1v) is 8.11. The Morgan fingerprint density at radius 3 is 2.47 bits per heavy atom. The summed E-state index contributed by atoms with van der Waals surface area (Å²) in [5, 5.41) is 3.08. The van der Waals surface area contributed by atoms with E-state index in [2.05, 4.69) is 10.0 Å². The van der Waals surface area contributed by atoms with Crippen molar-refractivity contribution in [1.82, 2.24) is 10.0 Å². The summed E-state index contributed by atoms with van der Waals surface area (Å²) >= 11 is 0. The molecule has 6 heteroatoms. The van der Waals surface area contributed by atoms with Gasteiger partial charge in [0.05, 0.1) is 5.75 Å². The van der Waals surface area contributed by atoms with E-state index in [1.807, 2.05) is 6.92 Å². The third-order valence-corrected chi connectivity index (χ3v) is 4.14. The molecule has 0 amide bonds. The molecule has 1 aromatic rings. The molecule has 4 nitrogen and oxygen atoms in total. The van der Waals surface area contributed by atoms with Crippen molar-refractivity contribution in [2.24, 2.45) is 0 Å². The SMILES string of the molecule is CCNCCCS(=O)(=O)NCCc1ccc(F)cc1. The van der Waals surface area contributed by atoms with Gasteiger partial charge in [-0.25, -0.2) is 17.5 Å². The number of rotatable bonds is 9. The standard InChI is InChI=1S/C13H21FN2O2S/c1-2-15-9-3-11-19(17,18)16-10-8-12-4-6-13(14)7-5-12/h4-7,15-16H,2-3,8-11H2,1H3. The summed E-state index contributed by atoms with van der Waals surface area (Å²) in [6.07, 6.45) is 1.16. The summed E-state index contributed by atoms with van der Waals surface area (Å²) < 4.78 is 38.5. The second kappa shape index (κ2) is 8.24. The molecule has 1 rings (SSSR count). The number of hydrogen-bond donors (Lipinski definition) is 2. The Bertz CT molecular complexity index is 460. The second-order valence-electron chi connectivity index (χ2n) is 4.30. The molecule has 0 spiro atoms. The maximum atomic E-state index is 12.7. The fourth-order valence-electron chi connectivity index (χ4n) is 1.64. The van der Waals surface area contributed by atoms with Gasteiger partial charge in [-0.3, -0.25) is 0 Å². The van der Waals surface area contributed by atoms with Crippen LogP contribution in [0.2, 0.25) is 0 Å². The molecule has 0 unspecified atom stereocenters. The van der Waals surface area contributed by atoms with Gasteiger partial charge >= 0.3 is 0 Å². The summed E-state index contributed by atoms with van der Waals surface area (Å²) in [6, 6.07) is 6.07. The van der Waals surface area contributed by atoms with E-state index in [0.717, 1.165) is 12.1 Å². The lowest BCUT2D eigenvalue weighted by Crippen LogP contribution is -2.30. The molecular weight excluding hydrogens is 267 g/mol. The van der Waals surface area contributed by atoms with Gasteiger partial charge in [0.2, 0.25) is 10.0 Å². The van der Waals surface area contributed by atoms with Crippen LogP contribution in [0.1, 0.15) is 18.9 Å². The lowest BCUT2D eigenvalue weighted by atomic mass is 10.1. The molecule has 0 heterocycles. The van der Waals surface area contributed by atoms with Gasteiger partial charge in [0.25, 0.3) is 0 Å². The fourth-order valence-corrected chi connectivity index (χ4v) is 2.72. The van der Waals surface area contributed by atoms with Crippen molar-refractivity contribution in [2.75, 3.05) is 25.4 Å². The Hall–Kier alpha value is -0.980. The van der Waals surface area contributed by atoms with Crippen molar-refractivity contribution in [3.05, 3.63) is 35.6 Å². The summed E-state index contributed by atoms with van der Waals surface area (Å²) in [7, 11) is -3.20. The number of hydrogen-bond acceptors (Lipinski definition) is 3. The smallest absolute Gasteiger partial charge is 0.211 e. The molecule has 0 radical (unpaired) electrons. The normalized spacial score (nSPS) is 11.7. The van der Waals surface area contributed by atoms with Gasteiger partial charge < -0.3 is 5.32 Å². The number of benzene rings is 1. The van der Waals surface area contributed by atoms with Crippen molar-refractivity contribution >= 4 is 10.0 Å². The zero-order valence-corrected chi connectivity index (χ0v) is 12.0. The maximum absolute atomic E-state index is 12.7. The monoisotopic (exact) mass is 288 g/mol. The molecule has 0 saturated heterocycles. The molecule has 0 saturated carbocycles. The first-order valence-electron chi connectivity index (χ1n) is 6.46. The highest BCUT2D eigenvalue weighted by Crippen LogP contribution is 2.03. The van der Waals surface area contributed by atoms with Crippen molar-refractivity contribution in [1.29, 1.82) is 0 Å². The molecule has 0 atom stereocenters. The quantitative estimate of drug-likeness (QED) is 0.673. The lowest BCUT2D eigenvalue weighted by molar-refractivity contribution is 0.576. The summed E-state index contributed by atoms with van der Waals surface area (Å²) in [5.41, 5.74) is 0.914. The summed E-state index contributed by atoms with van der Waals surface area (Å²) in [5.74, 6) is -0.156. The lowest BCUT2D eigenvalue weighted by Gasteiger charge is -2.07. The van der Waals surface area contributed by atoms with E-state index in [4.69, 9.17) is 0 Å². The van der Waals surface area contributed by atoms with E-state index < -0.39 is 10.0 Å². The third-order valence-electron chi connectivity index (χ3n) is 2.67. The van der Waals surface area contributed by atoms with Gasteiger partial charge in [-0.2, -0.15) is 0 Å². The predicted molar refractivity (Wildman–Crippen MR) is 75.1 cm³/mol. The number of halogens is 1. The van der Waals surface area contributed by atoms with Gasteiger partial charge in [0.1, 0.15) is 5.82 Å². The average molecular weight is 288 g/mol. The number of sulfonamides is 1. The van der Waals surface area contributed by atoms with Gasteiger partial charge in [0, 0.05) is 6.54 Å². The zero-order valence-electron chi connectivity index (χ0n) is 11.2. The molecular formula is C13H21FN2O2S. The van der Waals surface area contributed by atoms with Crippen molar-refractivity contribution < 1.29 is 12.8 Å². The van der Waals surface area contributed by atoms with Crippen LogP contribution in [0.25, 0.3) is 0 Å². The van der Waals surface area contributed by atoms with Crippen molar-refractivity contribution in [3.8, 4) is 0 Å². The van der Waals surface area contributed by atoms with Crippen LogP contribution in [-0.2, 0) is 16.4 Å². The topological polar surface area (TPSA) is 58.2 Å². The van der Waals surface area contributed by atoms with Crippen LogP contribution in [0.15, 0.2) is 24.3 Å². The minimum atomic E-state index is -3.20. The Balaban J connectivity index is 2.25. The summed E-state index contributed by atoms with van der Waals surface area (Å²) in [6.45, 7) is 3.87. The Morgan fingerprint density at radius 1 is 1.16 bits per heavy atom. The minimum Gasteiger partial charge on any atom is -0.317 e. The molecule has 108 valence electrons. The molecule has 0 aliphatic carbocycles. The highest BCUT2D eigenvalue weighted by Gasteiger charge is 2.08.